The zero-order chi connectivity index (χ0) is 14.2. The van der Waals surface area contributed by atoms with Crippen LogP contribution in [-0.4, -0.2) is 14.7 Å². The summed E-state index contributed by atoms with van der Waals surface area (Å²) >= 11 is 0. The third-order valence-corrected chi connectivity index (χ3v) is 3.17. The molecule has 0 fully saturated rings. The summed E-state index contributed by atoms with van der Waals surface area (Å²) in [6, 6.07) is 6.82. The second-order valence-electron chi connectivity index (χ2n) is 4.63. The number of nitro benzene ring substituents is 1. The van der Waals surface area contributed by atoms with E-state index in [1.54, 1.807) is 29.8 Å². The summed E-state index contributed by atoms with van der Waals surface area (Å²) in [5.41, 5.74) is 8.27. The fraction of sp³-hybridized carbons (Fsp3) is 0.308. The average molecular weight is 260 g/mol. The molecule has 1 atom stereocenters. The van der Waals surface area contributed by atoms with Crippen LogP contribution in [0.25, 0.3) is 0 Å². The molecule has 0 aliphatic carbocycles. The fourth-order valence-electron chi connectivity index (χ4n) is 2.07. The molecule has 1 aromatic carbocycles. The molecule has 0 saturated carbocycles. The molecule has 2 N–H and O–H groups in total. The molecule has 0 aliphatic rings. The molecule has 19 heavy (non-hydrogen) atoms. The molecule has 6 heteroatoms. The molecule has 0 saturated heterocycles. The van der Waals surface area contributed by atoms with Crippen LogP contribution in [0.1, 0.15) is 29.8 Å². The van der Waals surface area contributed by atoms with Crippen molar-refractivity contribution >= 4 is 11.5 Å². The van der Waals surface area contributed by atoms with Crippen molar-refractivity contribution in [2.75, 3.05) is 5.73 Å². The van der Waals surface area contributed by atoms with Gasteiger partial charge in [0.2, 0.25) is 0 Å². The van der Waals surface area contributed by atoms with Gasteiger partial charge in [-0.15, -0.1) is 0 Å². The van der Waals surface area contributed by atoms with E-state index in [9.17, 15) is 10.1 Å². The van der Waals surface area contributed by atoms with Crippen LogP contribution in [0.5, 0.6) is 0 Å². The summed E-state index contributed by atoms with van der Waals surface area (Å²) in [5.74, 6) is 0.549. The maximum absolute atomic E-state index is 11.0. The van der Waals surface area contributed by atoms with Crippen molar-refractivity contribution in [3.8, 4) is 0 Å². The SMILES string of the molecule is Cc1cc(N)n(C(C)c2ccc(C)c([N+](=O)[O-])c2)n1. The Hall–Kier alpha value is -2.37. The number of hydrogen-bond acceptors (Lipinski definition) is 4. The average Bonchev–Trinajstić information content (AvgIpc) is 2.68. The Labute approximate surface area is 111 Å². The van der Waals surface area contributed by atoms with Gasteiger partial charge in [-0.3, -0.25) is 10.1 Å². The Kier molecular flexibility index (Phi) is 3.25. The molecule has 1 unspecified atom stereocenters. The van der Waals surface area contributed by atoms with Crippen molar-refractivity contribution in [1.29, 1.82) is 0 Å². The molecule has 0 spiro atoms. The first kappa shape index (κ1) is 13.1. The highest BCUT2D eigenvalue weighted by atomic mass is 16.6. The molecule has 0 aliphatic heterocycles. The van der Waals surface area contributed by atoms with E-state index in [1.807, 2.05) is 19.9 Å². The predicted octanol–water partition coefficient (Wildman–Crippen LogP) is 2.60. The number of nitrogens with zero attached hydrogens (tertiary/aromatic N) is 3. The minimum atomic E-state index is -0.372. The second-order valence-corrected chi connectivity index (χ2v) is 4.63. The van der Waals surface area contributed by atoms with Crippen molar-refractivity contribution in [2.24, 2.45) is 0 Å². The van der Waals surface area contributed by atoms with Gasteiger partial charge < -0.3 is 5.73 Å². The predicted molar refractivity (Wildman–Crippen MR) is 73.0 cm³/mol. The van der Waals surface area contributed by atoms with E-state index in [0.29, 0.717) is 11.4 Å². The quantitative estimate of drug-likeness (QED) is 0.678. The van der Waals surface area contributed by atoms with E-state index in [0.717, 1.165) is 11.3 Å². The lowest BCUT2D eigenvalue weighted by Crippen LogP contribution is -2.12. The lowest BCUT2D eigenvalue weighted by atomic mass is 10.0. The van der Waals surface area contributed by atoms with Crippen LogP contribution in [0.15, 0.2) is 24.3 Å². The van der Waals surface area contributed by atoms with Crippen LogP contribution in [0.2, 0.25) is 0 Å². The summed E-state index contributed by atoms with van der Waals surface area (Å²) in [6.07, 6.45) is 0. The molecule has 1 heterocycles. The van der Waals surface area contributed by atoms with Crippen molar-refractivity contribution in [1.82, 2.24) is 9.78 Å². The Morgan fingerprint density at radius 2 is 2.05 bits per heavy atom. The van der Waals surface area contributed by atoms with Crippen LogP contribution < -0.4 is 5.73 Å². The molecular formula is C13H16N4O2. The number of benzene rings is 1. The lowest BCUT2D eigenvalue weighted by Gasteiger charge is -2.14. The normalized spacial score (nSPS) is 12.4. The monoisotopic (exact) mass is 260 g/mol. The first-order chi connectivity index (χ1) is 8.90. The van der Waals surface area contributed by atoms with Crippen molar-refractivity contribution < 1.29 is 4.92 Å². The zero-order valence-electron chi connectivity index (χ0n) is 11.1. The molecule has 2 rings (SSSR count). The third kappa shape index (κ3) is 2.42. The summed E-state index contributed by atoms with van der Waals surface area (Å²) in [4.78, 5) is 10.6. The first-order valence-electron chi connectivity index (χ1n) is 5.96. The summed E-state index contributed by atoms with van der Waals surface area (Å²) < 4.78 is 1.67. The molecule has 100 valence electrons. The number of aryl methyl sites for hydroxylation is 2. The Balaban J connectivity index is 2.44. The van der Waals surface area contributed by atoms with E-state index in [4.69, 9.17) is 5.73 Å². The molecule has 0 amide bonds. The number of nitrogen functional groups attached to an aromatic ring is 1. The minimum Gasteiger partial charge on any atom is -0.384 e. The minimum absolute atomic E-state index is 0.117. The van der Waals surface area contributed by atoms with Gasteiger partial charge >= 0.3 is 0 Å². The fourth-order valence-corrected chi connectivity index (χ4v) is 2.07. The molecule has 6 nitrogen and oxygen atoms in total. The number of hydrogen-bond donors (Lipinski definition) is 1. The van der Waals surface area contributed by atoms with Gasteiger partial charge in [0.1, 0.15) is 5.82 Å². The van der Waals surface area contributed by atoms with Crippen LogP contribution in [0.4, 0.5) is 11.5 Å². The van der Waals surface area contributed by atoms with Crippen LogP contribution in [0, 0.1) is 24.0 Å². The van der Waals surface area contributed by atoms with Gasteiger partial charge in [-0.25, -0.2) is 4.68 Å². The summed E-state index contributed by atoms with van der Waals surface area (Å²) in [5, 5.41) is 15.3. The van der Waals surface area contributed by atoms with Crippen LogP contribution in [-0.2, 0) is 0 Å². The first-order valence-corrected chi connectivity index (χ1v) is 5.96. The van der Waals surface area contributed by atoms with E-state index in [1.165, 1.54) is 0 Å². The maximum Gasteiger partial charge on any atom is 0.272 e. The third-order valence-electron chi connectivity index (χ3n) is 3.17. The van der Waals surface area contributed by atoms with Gasteiger partial charge in [-0.1, -0.05) is 12.1 Å². The largest absolute Gasteiger partial charge is 0.384 e. The highest BCUT2D eigenvalue weighted by Crippen LogP contribution is 2.26. The number of nitrogens with two attached hydrogens (primary N) is 1. The standard InChI is InChI=1S/C13H16N4O2/c1-8-4-5-11(7-12(8)17(18)19)10(3)16-13(14)6-9(2)15-16/h4-7,10H,14H2,1-3H3. The lowest BCUT2D eigenvalue weighted by molar-refractivity contribution is -0.385. The molecule has 0 bridgehead atoms. The van der Waals surface area contributed by atoms with E-state index < -0.39 is 0 Å². The van der Waals surface area contributed by atoms with E-state index >= 15 is 0 Å². The Bertz CT molecular complexity index is 634. The Morgan fingerprint density at radius 1 is 1.37 bits per heavy atom. The van der Waals surface area contributed by atoms with Crippen LogP contribution >= 0.6 is 0 Å². The highest BCUT2D eigenvalue weighted by molar-refractivity contribution is 5.44. The summed E-state index contributed by atoms with van der Waals surface area (Å²) in [7, 11) is 0. The second kappa shape index (κ2) is 4.72. The molecule has 1 aromatic heterocycles. The van der Waals surface area contributed by atoms with E-state index in [-0.39, 0.29) is 16.7 Å². The molecule has 2 aromatic rings. The summed E-state index contributed by atoms with van der Waals surface area (Å²) in [6.45, 7) is 5.49. The maximum atomic E-state index is 11.0. The van der Waals surface area contributed by atoms with Crippen molar-refractivity contribution in [2.45, 2.75) is 26.8 Å². The Morgan fingerprint density at radius 3 is 2.58 bits per heavy atom. The van der Waals surface area contributed by atoms with Gasteiger partial charge in [0, 0.05) is 17.7 Å². The van der Waals surface area contributed by atoms with E-state index in [2.05, 4.69) is 5.10 Å². The van der Waals surface area contributed by atoms with Crippen LogP contribution in [0.3, 0.4) is 0 Å². The van der Waals surface area contributed by atoms with Gasteiger partial charge in [0.05, 0.1) is 16.7 Å². The van der Waals surface area contributed by atoms with Gasteiger partial charge in [0.25, 0.3) is 5.69 Å². The molecular weight excluding hydrogens is 244 g/mol. The number of aromatic nitrogens is 2. The van der Waals surface area contributed by atoms with Crippen molar-refractivity contribution in [3.05, 3.63) is 51.2 Å². The van der Waals surface area contributed by atoms with Gasteiger partial charge in [0.15, 0.2) is 0 Å². The number of anilines is 1. The molecule has 0 radical (unpaired) electrons. The van der Waals surface area contributed by atoms with Crippen molar-refractivity contribution in [3.63, 3.8) is 0 Å². The number of nitro groups is 1. The van der Waals surface area contributed by atoms with Gasteiger partial charge in [-0.05, 0) is 26.3 Å². The highest BCUT2D eigenvalue weighted by Gasteiger charge is 2.17. The smallest absolute Gasteiger partial charge is 0.272 e. The topological polar surface area (TPSA) is 87.0 Å². The zero-order valence-corrected chi connectivity index (χ0v) is 11.1. The van der Waals surface area contributed by atoms with Gasteiger partial charge in [-0.2, -0.15) is 5.10 Å². The number of rotatable bonds is 3.